The standard InChI is InChI=1S/C17H18ClN2O7P/c18-28(23,26-16-5-1-4-14-13(16)3-2-8-19-14)27-17(22)15(11-21)20-25-12-6-9-24-10-7-12/h1-5,8,11-12,15,20H,6-7,9-10H2/t15-,28?/m0/s1. The Morgan fingerprint density at radius 2 is 2.11 bits per heavy atom. The summed E-state index contributed by atoms with van der Waals surface area (Å²) in [5.41, 5.74) is 2.90. The molecule has 0 aliphatic carbocycles. The van der Waals surface area contributed by atoms with E-state index in [-0.39, 0.29) is 18.1 Å². The van der Waals surface area contributed by atoms with Gasteiger partial charge >= 0.3 is 12.9 Å². The van der Waals surface area contributed by atoms with Crippen molar-refractivity contribution in [3.05, 3.63) is 36.5 Å². The molecule has 1 aromatic heterocycles. The first-order valence-corrected chi connectivity index (χ1v) is 10.9. The summed E-state index contributed by atoms with van der Waals surface area (Å²) in [6, 6.07) is 6.71. The Morgan fingerprint density at radius 1 is 1.32 bits per heavy atom. The molecular formula is C17H18ClN2O7P. The fraction of sp³-hybridized carbons (Fsp3) is 0.353. The first kappa shape index (κ1) is 20.7. The maximum atomic E-state index is 12.4. The number of benzene rings is 1. The van der Waals surface area contributed by atoms with E-state index in [9.17, 15) is 14.2 Å². The fourth-order valence-electron chi connectivity index (χ4n) is 2.55. The SMILES string of the molecule is O=C[C@H](NOC1CCOCC1)C(=O)OP(=O)(Cl)Oc1cccc2ncccc12. The molecule has 1 unspecified atom stereocenters. The van der Waals surface area contributed by atoms with Crippen LogP contribution in [-0.4, -0.2) is 42.6 Å². The minimum absolute atomic E-state index is 0.130. The maximum absolute atomic E-state index is 12.4. The lowest BCUT2D eigenvalue weighted by atomic mass is 10.2. The van der Waals surface area contributed by atoms with Gasteiger partial charge in [-0.2, -0.15) is 5.48 Å². The van der Waals surface area contributed by atoms with Crippen LogP contribution in [0.4, 0.5) is 0 Å². The van der Waals surface area contributed by atoms with Gasteiger partial charge in [-0.25, -0.2) is 9.36 Å². The van der Waals surface area contributed by atoms with Crippen molar-refractivity contribution in [3.8, 4) is 5.75 Å². The number of hydrogen-bond acceptors (Lipinski definition) is 9. The van der Waals surface area contributed by atoms with E-state index < -0.39 is 19.0 Å². The van der Waals surface area contributed by atoms with Crippen LogP contribution in [0.15, 0.2) is 36.5 Å². The molecule has 1 aliphatic heterocycles. The van der Waals surface area contributed by atoms with Gasteiger partial charge in [-0.15, -0.1) is 0 Å². The molecule has 0 saturated carbocycles. The number of carbonyl (C=O) groups is 2. The second-order valence-electron chi connectivity index (χ2n) is 5.92. The molecule has 1 N–H and O–H groups in total. The number of pyridine rings is 1. The Balaban J connectivity index is 1.62. The van der Waals surface area contributed by atoms with Gasteiger partial charge in [0.1, 0.15) is 5.75 Å². The zero-order valence-electron chi connectivity index (χ0n) is 14.7. The molecule has 0 amide bonds. The smallest absolute Gasteiger partial charge is 0.404 e. The summed E-state index contributed by atoms with van der Waals surface area (Å²) in [5.74, 6) is -1.05. The van der Waals surface area contributed by atoms with Crippen LogP contribution in [0, 0.1) is 0 Å². The zero-order valence-corrected chi connectivity index (χ0v) is 16.3. The van der Waals surface area contributed by atoms with Gasteiger partial charge in [-0.1, -0.05) is 6.07 Å². The molecule has 0 spiro atoms. The number of aldehydes is 1. The van der Waals surface area contributed by atoms with Gasteiger partial charge in [0.2, 0.25) is 0 Å². The van der Waals surface area contributed by atoms with Crippen molar-refractivity contribution in [2.75, 3.05) is 13.2 Å². The van der Waals surface area contributed by atoms with Crippen LogP contribution < -0.4 is 10.0 Å². The molecule has 9 nitrogen and oxygen atoms in total. The molecule has 2 heterocycles. The van der Waals surface area contributed by atoms with Crippen molar-refractivity contribution in [2.24, 2.45) is 0 Å². The monoisotopic (exact) mass is 428 g/mol. The molecule has 2 atom stereocenters. The highest BCUT2D eigenvalue weighted by Gasteiger charge is 2.33. The number of hydrogen-bond donors (Lipinski definition) is 1. The van der Waals surface area contributed by atoms with Crippen molar-refractivity contribution in [3.63, 3.8) is 0 Å². The fourth-order valence-corrected chi connectivity index (χ4v) is 3.74. The molecule has 0 radical (unpaired) electrons. The zero-order chi connectivity index (χ0) is 20.0. The lowest BCUT2D eigenvalue weighted by Gasteiger charge is -2.23. The van der Waals surface area contributed by atoms with Crippen molar-refractivity contribution in [1.82, 2.24) is 10.5 Å². The van der Waals surface area contributed by atoms with Crippen LogP contribution in [0.1, 0.15) is 12.8 Å². The number of nitrogens with zero attached hydrogens (tertiary/aromatic N) is 1. The van der Waals surface area contributed by atoms with Crippen LogP contribution in [0.25, 0.3) is 10.9 Å². The van der Waals surface area contributed by atoms with Gasteiger partial charge in [0.15, 0.2) is 12.3 Å². The maximum Gasteiger partial charge on any atom is 0.532 e. The Hall–Kier alpha value is -2.03. The minimum Gasteiger partial charge on any atom is -0.404 e. The van der Waals surface area contributed by atoms with Crippen LogP contribution in [-0.2, 0) is 28.3 Å². The molecule has 1 fully saturated rings. The van der Waals surface area contributed by atoms with Gasteiger partial charge in [-0.05, 0) is 37.1 Å². The average Bonchev–Trinajstić information content (AvgIpc) is 2.69. The molecule has 3 rings (SSSR count). The van der Waals surface area contributed by atoms with E-state index in [1.165, 1.54) is 6.07 Å². The summed E-state index contributed by atoms with van der Waals surface area (Å²) in [4.78, 5) is 32.8. The number of hydroxylamine groups is 1. The van der Waals surface area contributed by atoms with Gasteiger partial charge in [0, 0.05) is 36.0 Å². The molecule has 150 valence electrons. The third-order valence-electron chi connectivity index (χ3n) is 3.93. The number of halogens is 1. The molecule has 1 aromatic carbocycles. The second kappa shape index (κ2) is 9.45. The number of aromatic nitrogens is 1. The number of carbonyl (C=O) groups excluding carboxylic acids is 2. The predicted molar refractivity (Wildman–Crippen MR) is 99.8 cm³/mol. The summed E-state index contributed by atoms with van der Waals surface area (Å²) in [6.07, 6.45) is 2.86. The summed E-state index contributed by atoms with van der Waals surface area (Å²) in [6.45, 7) is -3.34. The Morgan fingerprint density at radius 3 is 2.86 bits per heavy atom. The number of rotatable bonds is 8. The lowest BCUT2D eigenvalue weighted by Crippen LogP contribution is -2.42. The van der Waals surface area contributed by atoms with Crippen LogP contribution >= 0.6 is 18.2 Å². The van der Waals surface area contributed by atoms with Crippen molar-refractivity contribution >= 4 is 41.3 Å². The van der Waals surface area contributed by atoms with Gasteiger partial charge in [0.05, 0.1) is 11.6 Å². The molecule has 11 heteroatoms. The minimum atomic E-state index is -4.38. The van der Waals surface area contributed by atoms with Crippen LogP contribution in [0.2, 0.25) is 0 Å². The van der Waals surface area contributed by atoms with E-state index in [2.05, 4.69) is 10.5 Å². The molecule has 2 aromatic rings. The second-order valence-corrected chi connectivity index (χ2v) is 8.39. The Kier molecular flexibility index (Phi) is 6.98. The quantitative estimate of drug-likeness (QED) is 0.293. The van der Waals surface area contributed by atoms with E-state index in [0.717, 1.165) is 0 Å². The first-order chi connectivity index (χ1) is 13.5. The van der Waals surface area contributed by atoms with E-state index in [1.807, 2.05) is 0 Å². The third-order valence-corrected chi connectivity index (χ3v) is 5.16. The Labute approximate surface area is 165 Å². The lowest BCUT2D eigenvalue weighted by molar-refractivity contribution is -0.148. The Bertz CT molecular complexity index is 885. The average molecular weight is 429 g/mol. The molecule has 0 bridgehead atoms. The molecule has 1 aliphatic rings. The predicted octanol–water partition coefficient (Wildman–Crippen LogP) is 2.77. The van der Waals surface area contributed by atoms with Crippen LogP contribution in [0.3, 0.4) is 0 Å². The summed E-state index contributed by atoms with van der Waals surface area (Å²) >= 11 is 5.78. The highest BCUT2D eigenvalue weighted by Crippen LogP contribution is 2.54. The van der Waals surface area contributed by atoms with Gasteiger partial charge < -0.3 is 18.6 Å². The number of ether oxygens (including phenoxy) is 1. The normalized spacial score (nSPS) is 18.2. The molecular weight excluding hydrogens is 411 g/mol. The van der Waals surface area contributed by atoms with Crippen molar-refractivity contribution < 1.29 is 32.8 Å². The van der Waals surface area contributed by atoms with Crippen molar-refractivity contribution in [1.29, 1.82) is 0 Å². The van der Waals surface area contributed by atoms with Gasteiger partial charge in [0.25, 0.3) is 0 Å². The third kappa shape index (κ3) is 5.50. The summed E-state index contributed by atoms with van der Waals surface area (Å²) in [7, 11) is 0. The van der Waals surface area contributed by atoms with E-state index >= 15 is 0 Å². The summed E-state index contributed by atoms with van der Waals surface area (Å²) in [5, 5.41) is 0.537. The highest BCUT2D eigenvalue weighted by atomic mass is 35.7. The highest BCUT2D eigenvalue weighted by molar-refractivity contribution is 7.82. The van der Waals surface area contributed by atoms with Gasteiger partial charge in [-0.3, -0.25) is 9.82 Å². The van der Waals surface area contributed by atoms with Crippen molar-refractivity contribution in [2.45, 2.75) is 25.0 Å². The van der Waals surface area contributed by atoms with E-state index in [4.69, 9.17) is 29.9 Å². The summed E-state index contributed by atoms with van der Waals surface area (Å²) < 4.78 is 27.6. The van der Waals surface area contributed by atoms with Crippen LogP contribution in [0.5, 0.6) is 5.75 Å². The number of fused-ring (bicyclic) bond motifs is 1. The largest absolute Gasteiger partial charge is 0.532 e. The molecule has 1 saturated heterocycles. The van der Waals surface area contributed by atoms with E-state index in [1.54, 1.807) is 30.5 Å². The first-order valence-electron chi connectivity index (χ1n) is 8.49. The van der Waals surface area contributed by atoms with E-state index in [0.29, 0.717) is 37.0 Å². The topological polar surface area (TPSA) is 113 Å². The molecule has 28 heavy (non-hydrogen) atoms. The number of nitrogens with one attached hydrogen (secondary N) is 1.